The second kappa shape index (κ2) is 8.50. The second-order valence-electron chi connectivity index (χ2n) is 4.20. The summed E-state index contributed by atoms with van der Waals surface area (Å²) in [6, 6.07) is 7.39. The quantitative estimate of drug-likeness (QED) is 0.728. The highest BCUT2D eigenvalue weighted by atomic mass is 16.5. The number of nitrogens with two attached hydrogens (primary N) is 1. The van der Waals surface area contributed by atoms with Crippen LogP contribution in [0.1, 0.15) is 18.9 Å². The first-order chi connectivity index (χ1) is 9.22. The van der Waals surface area contributed by atoms with Gasteiger partial charge in [-0.25, -0.2) is 0 Å². The molecule has 0 radical (unpaired) electrons. The van der Waals surface area contributed by atoms with E-state index in [1.54, 1.807) is 11.0 Å². The van der Waals surface area contributed by atoms with Gasteiger partial charge in [-0.15, -0.1) is 0 Å². The number of aliphatic hydroxyl groups is 1. The zero-order valence-electron chi connectivity index (χ0n) is 11.3. The van der Waals surface area contributed by atoms with Crippen molar-refractivity contribution in [3.05, 3.63) is 29.8 Å². The molecule has 0 unspecified atom stereocenters. The summed E-state index contributed by atoms with van der Waals surface area (Å²) in [5, 5.41) is 8.93. The highest BCUT2D eigenvalue weighted by Crippen LogP contribution is 2.17. The van der Waals surface area contributed by atoms with E-state index < -0.39 is 0 Å². The fourth-order valence-corrected chi connectivity index (χ4v) is 1.80. The van der Waals surface area contributed by atoms with Crippen LogP contribution in [0, 0.1) is 0 Å². The van der Waals surface area contributed by atoms with Crippen molar-refractivity contribution in [2.75, 3.05) is 26.3 Å². The molecule has 0 aromatic heterocycles. The smallest absolute Gasteiger partial charge is 0.260 e. The Morgan fingerprint density at radius 2 is 2.11 bits per heavy atom. The van der Waals surface area contributed by atoms with Crippen molar-refractivity contribution in [2.45, 2.75) is 19.9 Å². The fraction of sp³-hybridized carbons (Fsp3) is 0.500. The Morgan fingerprint density at radius 3 is 2.74 bits per heavy atom. The summed E-state index contributed by atoms with van der Waals surface area (Å²) in [6.45, 7) is 3.26. The van der Waals surface area contributed by atoms with E-state index in [0.29, 0.717) is 25.4 Å². The van der Waals surface area contributed by atoms with E-state index in [-0.39, 0.29) is 19.1 Å². The van der Waals surface area contributed by atoms with Crippen molar-refractivity contribution < 1.29 is 14.6 Å². The Morgan fingerprint density at radius 1 is 1.37 bits per heavy atom. The lowest BCUT2D eigenvalue weighted by Crippen LogP contribution is -2.37. The number of ether oxygens (including phenoxy) is 1. The summed E-state index contributed by atoms with van der Waals surface area (Å²) < 4.78 is 5.51. The van der Waals surface area contributed by atoms with Crippen LogP contribution < -0.4 is 10.5 Å². The molecule has 1 aromatic rings. The van der Waals surface area contributed by atoms with Crippen molar-refractivity contribution in [3.63, 3.8) is 0 Å². The molecule has 5 nitrogen and oxygen atoms in total. The number of hydrogen-bond donors (Lipinski definition) is 2. The van der Waals surface area contributed by atoms with Crippen LogP contribution in [-0.4, -0.2) is 42.2 Å². The Kier molecular flexibility index (Phi) is 6.92. The Labute approximate surface area is 114 Å². The minimum atomic E-state index is -0.122. The van der Waals surface area contributed by atoms with E-state index in [1.165, 1.54) is 0 Å². The lowest BCUT2D eigenvalue weighted by atomic mass is 10.2. The highest BCUT2D eigenvalue weighted by molar-refractivity contribution is 5.77. The van der Waals surface area contributed by atoms with Gasteiger partial charge < -0.3 is 20.5 Å². The summed E-state index contributed by atoms with van der Waals surface area (Å²) in [5.74, 6) is 0.515. The van der Waals surface area contributed by atoms with Crippen LogP contribution in [0.3, 0.4) is 0 Å². The molecule has 5 heteroatoms. The van der Waals surface area contributed by atoms with Gasteiger partial charge in [0, 0.05) is 25.2 Å². The maximum atomic E-state index is 12.0. The number of hydrogen-bond acceptors (Lipinski definition) is 4. The van der Waals surface area contributed by atoms with E-state index in [0.717, 1.165) is 12.0 Å². The fourth-order valence-electron chi connectivity index (χ4n) is 1.80. The molecular formula is C14H22N2O3. The summed E-state index contributed by atoms with van der Waals surface area (Å²) in [6.07, 6.45) is 0.852. The maximum absolute atomic E-state index is 12.0. The van der Waals surface area contributed by atoms with Gasteiger partial charge in [0.2, 0.25) is 0 Å². The molecule has 0 bridgehead atoms. The number of aliphatic hydroxyl groups excluding tert-OH is 1. The normalized spacial score (nSPS) is 10.3. The zero-order valence-corrected chi connectivity index (χ0v) is 11.3. The summed E-state index contributed by atoms with van der Waals surface area (Å²) in [5.41, 5.74) is 6.48. The molecule has 0 saturated carbocycles. The van der Waals surface area contributed by atoms with Gasteiger partial charge in [-0.1, -0.05) is 25.1 Å². The van der Waals surface area contributed by atoms with Crippen molar-refractivity contribution in [2.24, 2.45) is 5.73 Å². The van der Waals surface area contributed by atoms with Gasteiger partial charge in [-0.3, -0.25) is 4.79 Å². The molecule has 0 atom stereocenters. The highest BCUT2D eigenvalue weighted by Gasteiger charge is 2.13. The number of para-hydroxylation sites is 1. The summed E-state index contributed by atoms with van der Waals surface area (Å²) in [4.78, 5) is 13.6. The molecule has 0 saturated heterocycles. The Hall–Kier alpha value is -1.59. The lowest BCUT2D eigenvalue weighted by molar-refractivity contribution is -0.133. The van der Waals surface area contributed by atoms with E-state index in [9.17, 15) is 4.79 Å². The lowest BCUT2D eigenvalue weighted by Gasteiger charge is -2.21. The van der Waals surface area contributed by atoms with Gasteiger partial charge >= 0.3 is 0 Å². The van der Waals surface area contributed by atoms with Crippen LogP contribution in [0.2, 0.25) is 0 Å². The third-order valence-corrected chi connectivity index (χ3v) is 2.76. The third-order valence-electron chi connectivity index (χ3n) is 2.76. The molecular weight excluding hydrogens is 244 g/mol. The number of benzene rings is 1. The molecule has 106 valence electrons. The molecule has 0 heterocycles. The van der Waals surface area contributed by atoms with Crippen LogP contribution >= 0.6 is 0 Å². The van der Waals surface area contributed by atoms with E-state index in [1.807, 2.05) is 25.1 Å². The minimum Gasteiger partial charge on any atom is -0.483 e. The molecule has 19 heavy (non-hydrogen) atoms. The standard InChI is InChI=1S/C14H22N2O3/c1-2-7-16(8-9-17)14(18)11-19-13-6-4-3-5-12(13)10-15/h3-6,17H,2,7-11,15H2,1H3. The molecule has 0 fully saturated rings. The topological polar surface area (TPSA) is 75.8 Å². The number of carbonyl (C=O) groups excluding carboxylic acids is 1. The molecule has 0 aliphatic heterocycles. The van der Waals surface area contributed by atoms with Gasteiger partial charge in [0.15, 0.2) is 6.61 Å². The van der Waals surface area contributed by atoms with E-state index >= 15 is 0 Å². The molecule has 1 rings (SSSR count). The SMILES string of the molecule is CCCN(CCO)C(=O)COc1ccccc1CN. The van der Waals surface area contributed by atoms with Crippen molar-refractivity contribution in [3.8, 4) is 5.75 Å². The summed E-state index contributed by atoms with van der Waals surface area (Å²) >= 11 is 0. The molecule has 1 amide bonds. The molecule has 0 aliphatic rings. The first-order valence-corrected chi connectivity index (χ1v) is 6.52. The van der Waals surface area contributed by atoms with Crippen LogP contribution in [0.15, 0.2) is 24.3 Å². The van der Waals surface area contributed by atoms with Crippen molar-refractivity contribution in [1.82, 2.24) is 4.90 Å². The first kappa shape index (κ1) is 15.5. The predicted octanol–water partition coefficient (Wildman–Crippen LogP) is 0.755. The first-order valence-electron chi connectivity index (χ1n) is 6.52. The predicted molar refractivity (Wildman–Crippen MR) is 73.8 cm³/mol. The minimum absolute atomic E-state index is 0.0307. The van der Waals surface area contributed by atoms with E-state index in [2.05, 4.69) is 0 Å². The Bertz CT molecular complexity index is 390. The van der Waals surface area contributed by atoms with Gasteiger partial charge in [0.1, 0.15) is 5.75 Å². The molecule has 0 spiro atoms. The van der Waals surface area contributed by atoms with Crippen molar-refractivity contribution >= 4 is 5.91 Å². The molecule has 0 aliphatic carbocycles. The number of amides is 1. The second-order valence-corrected chi connectivity index (χ2v) is 4.20. The van der Waals surface area contributed by atoms with Crippen LogP contribution in [-0.2, 0) is 11.3 Å². The third kappa shape index (κ3) is 4.89. The van der Waals surface area contributed by atoms with Crippen molar-refractivity contribution in [1.29, 1.82) is 0 Å². The van der Waals surface area contributed by atoms with Gasteiger partial charge in [0.25, 0.3) is 5.91 Å². The molecule has 3 N–H and O–H groups in total. The average Bonchev–Trinajstić information content (AvgIpc) is 2.44. The molecule has 1 aromatic carbocycles. The number of rotatable bonds is 8. The van der Waals surface area contributed by atoms with E-state index in [4.69, 9.17) is 15.6 Å². The maximum Gasteiger partial charge on any atom is 0.260 e. The Balaban J connectivity index is 2.56. The number of nitrogens with zero attached hydrogens (tertiary/aromatic N) is 1. The van der Waals surface area contributed by atoms with Crippen LogP contribution in [0.4, 0.5) is 0 Å². The largest absolute Gasteiger partial charge is 0.483 e. The van der Waals surface area contributed by atoms with Crippen LogP contribution in [0.25, 0.3) is 0 Å². The number of carbonyl (C=O) groups is 1. The van der Waals surface area contributed by atoms with Gasteiger partial charge in [-0.2, -0.15) is 0 Å². The summed E-state index contributed by atoms with van der Waals surface area (Å²) in [7, 11) is 0. The average molecular weight is 266 g/mol. The van der Waals surface area contributed by atoms with Gasteiger partial charge in [0.05, 0.1) is 6.61 Å². The van der Waals surface area contributed by atoms with Crippen LogP contribution in [0.5, 0.6) is 5.75 Å². The zero-order chi connectivity index (χ0) is 14.1. The monoisotopic (exact) mass is 266 g/mol. The van der Waals surface area contributed by atoms with Gasteiger partial charge in [-0.05, 0) is 12.5 Å².